The van der Waals surface area contributed by atoms with Gasteiger partial charge in [-0.05, 0) is 107 Å². The standard InChI is InChI=1S/C29H39N5O2/c1-19-3-4-23(32-19)26-14-24(33-21-16-29(17-21)7-11-31-12-8-29)22-13-27(35-2)28(15-25(22)34-26)36-18-20-5-9-30-10-6-20/h3-4,13-15,20-21,30-32H,5-12,16-18H2,1-2H3,(H,33,34). The van der Waals surface area contributed by atoms with Crippen LogP contribution in [0.2, 0.25) is 0 Å². The number of fused-ring (bicyclic) bond motifs is 1. The first kappa shape index (κ1) is 23.6. The fraction of sp³-hybridized carbons (Fsp3) is 0.552. The van der Waals surface area contributed by atoms with E-state index >= 15 is 0 Å². The van der Waals surface area contributed by atoms with Crippen LogP contribution in [-0.4, -0.2) is 55.9 Å². The van der Waals surface area contributed by atoms with Crippen LogP contribution < -0.4 is 25.4 Å². The van der Waals surface area contributed by atoms with E-state index < -0.39 is 0 Å². The monoisotopic (exact) mass is 489 g/mol. The molecular weight excluding hydrogens is 450 g/mol. The maximum atomic E-state index is 6.33. The Kier molecular flexibility index (Phi) is 6.52. The third kappa shape index (κ3) is 4.78. The van der Waals surface area contributed by atoms with Crippen molar-refractivity contribution in [3.8, 4) is 22.9 Å². The molecule has 0 amide bonds. The highest BCUT2D eigenvalue weighted by atomic mass is 16.5. The maximum Gasteiger partial charge on any atom is 0.163 e. The van der Waals surface area contributed by atoms with Crippen LogP contribution in [-0.2, 0) is 0 Å². The molecule has 0 unspecified atom stereocenters. The smallest absolute Gasteiger partial charge is 0.163 e. The number of benzene rings is 1. The molecule has 2 aliphatic heterocycles. The van der Waals surface area contributed by atoms with Gasteiger partial charge in [0.05, 0.1) is 30.6 Å². The van der Waals surface area contributed by atoms with Crippen LogP contribution in [0.3, 0.4) is 0 Å². The van der Waals surface area contributed by atoms with Crippen molar-refractivity contribution in [2.45, 2.75) is 51.5 Å². The second-order valence-electron chi connectivity index (χ2n) is 11.1. The molecule has 2 aromatic heterocycles. The third-order valence-electron chi connectivity index (χ3n) is 8.52. The SMILES string of the molecule is COc1cc2c(NC3CC4(CCNCC4)C3)cc(-c3ccc(C)[nH]3)nc2cc1OCC1CCNCC1. The fourth-order valence-electron chi connectivity index (χ4n) is 6.35. The fourth-order valence-corrected chi connectivity index (χ4v) is 6.35. The van der Waals surface area contributed by atoms with E-state index in [1.807, 2.05) is 0 Å². The van der Waals surface area contributed by atoms with Crippen LogP contribution in [0, 0.1) is 18.3 Å². The van der Waals surface area contributed by atoms with Crippen LogP contribution >= 0.6 is 0 Å². The van der Waals surface area contributed by atoms with E-state index in [0.29, 0.717) is 24.0 Å². The second kappa shape index (κ2) is 9.94. The van der Waals surface area contributed by atoms with Gasteiger partial charge in [0.25, 0.3) is 0 Å². The molecule has 0 radical (unpaired) electrons. The Morgan fingerprint density at radius 1 is 1.00 bits per heavy atom. The summed E-state index contributed by atoms with van der Waals surface area (Å²) in [6, 6.07) is 11.1. The van der Waals surface area contributed by atoms with Crippen molar-refractivity contribution in [2.75, 3.05) is 45.2 Å². The van der Waals surface area contributed by atoms with Crippen molar-refractivity contribution >= 4 is 16.6 Å². The largest absolute Gasteiger partial charge is 0.493 e. The number of nitrogens with zero attached hydrogens (tertiary/aromatic N) is 1. The Hall–Kier alpha value is -2.77. The first-order valence-electron chi connectivity index (χ1n) is 13.6. The van der Waals surface area contributed by atoms with Gasteiger partial charge in [0, 0.05) is 28.9 Å². The molecule has 6 rings (SSSR count). The van der Waals surface area contributed by atoms with Crippen molar-refractivity contribution in [1.82, 2.24) is 20.6 Å². The second-order valence-corrected chi connectivity index (χ2v) is 11.1. The molecule has 36 heavy (non-hydrogen) atoms. The summed E-state index contributed by atoms with van der Waals surface area (Å²) in [5.41, 5.74) is 5.70. The number of aromatic amines is 1. The summed E-state index contributed by atoms with van der Waals surface area (Å²) in [6.45, 7) is 7.23. The minimum Gasteiger partial charge on any atom is -0.493 e. The van der Waals surface area contributed by atoms with Crippen molar-refractivity contribution in [3.63, 3.8) is 0 Å². The molecule has 7 heteroatoms. The Morgan fingerprint density at radius 3 is 2.50 bits per heavy atom. The van der Waals surface area contributed by atoms with E-state index in [4.69, 9.17) is 14.5 Å². The van der Waals surface area contributed by atoms with Gasteiger partial charge in [0.15, 0.2) is 11.5 Å². The average Bonchev–Trinajstić information content (AvgIpc) is 3.33. The Balaban J connectivity index is 1.31. The predicted octanol–water partition coefficient (Wildman–Crippen LogP) is 4.87. The van der Waals surface area contributed by atoms with Crippen LogP contribution in [0.4, 0.5) is 5.69 Å². The van der Waals surface area contributed by atoms with Crippen LogP contribution in [0.5, 0.6) is 11.5 Å². The van der Waals surface area contributed by atoms with Gasteiger partial charge in [-0.3, -0.25) is 0 Å². The van der Waals surface area contributed by atoms with Gasteiger partial charge in [-0.25, -0.2) is 4.98 Å². The number of aromatic nitrogens is 2. The van der Waals surface area contributed by atoms with E-state index in [1.54, 1.807) is 7.11 Å². The molecule has 4 N–H and O–H groups in total. The van der Waals surface area contributed by atoms with Crippen molar-refractivity contribution in [2.24, 2.45) is 11.3 Å². The predicted molar refractivity (Wildman–Crippen MR) is 145 cm³/mol. The quantitative estimate of drug-likeness (QED) is 0.379. The molecule has 3 aromatic rings. The van der Waals surface area contributed by atoms with Crippen LogP contribution in [0.1, 0.15) is 44.2 Å². The number of pyridine rings is 1. The van der Waals surface area contributed by atoms with Gasteiger partial charge in [-0.2, -0.15) is 0 Å². The minimum absolute atomic E-state index is 0.494. The highest BCUT2D eigenvalue weighted by Gasteiger charge is 2.44. The molecule has 192 valence electrons. The van der Waals surface area contributed by atoms with E-state index in [-0.39, 0.29) is 0 Å². The zero-order chi connectivity index (χ0) is 24.5. The van der Waals surface area contributed by atoms with Gasteiger partial charge < -0.3 is 30.4 Å². The molecule has 2 saturated heterocycles. The summed E-state index contributed by atoms with van der Waals surface area (Å²) in [5, 5.41) is 11.9. The molecule has 3 aliphatic rings. The summed E-state index contributed by atoms with van der Waals surface area (Å²) in [5.74, 6) is 2.12. The topological polar surface area (TPSA) is 83.2 Å². The van der Waals surface area contributed by atoms with Gasteiger partial charge >= 0.3 is 0 Å². The number of aryl methyl sites for hydroxylation is 1. The lowest BCUT2D eigenvalue weighted by atomic mass is 9.60. The Bertz CT molecular complexity index is 1200. The van der Waals surface area contributed by atoms with Gasteiger partial charge in [-0.1, -0.05) is 0 Å². The van der Waals surface area contributed by atoms with E-state index in [0.717, 1.165) is 84.2 Å². The summed E-state index contributed by atoms with van der Waals surface area (Å²) in [4.78, 5) is 8.52. The Morgan fingerprint density at radius 2 is 1.78 bits per heavy atom. The molecule has 4 heterocycles. The summed E-state index contributed by atoms with van der Waals surface area (Å²) < 4.78 is 12.1. The first-order valence-corrected chi connectivity index (χ1v) is 13.6. The van der Waals surface area contributed by atoms with E-state index in [1.165, 1.54) is 25.7 Å². The highest BCUT2D eigenvalue weighted by molar-refractivity contribution is 5.96. The number of rotatable bonds is 7. The maximum absolute atomic E-state index is 6.33. The number of H-pyrrole nitrogens is 1. The molecule has 1 aromatic carbocycles. The van der Waals surface area contributed by atoms with Crippen LogP contribution in [0.15, 0.2) is 30.3 Å². The minimum atomic E-state index is 0.494. The molecule has 3 fully saturated rings. The van der Waals surface area contributed by atoms with E-state index in [2.05, 4.69) is 58.2 Å². The number of ether oxygens (including phenoxy) is 2. The molecule has 7 nitrogen and oxygen atoms in total. The number of nitrogens with one attached hydrogen (secondary N) is 4. The molecule has 1 saturated carbocycles. The van der Waals surface area contributed by atoms with Gasteiger partial charge in [0.1, 0.15) is 0 Å². The molecule has 1 spiro atoms. The number of anilines is 1. The molecule has 1 aliphatic carbocycles. The summed E-state index contributed by atoms with van der Waals surface area (Å²) in [6.07, 6.45) is 7.37. The summed E-state index contributed by atoms with van der Waals surface area (Å²) in [7, 11) is 1.72. The average molecular weight is 490 g/mol. The van der Waals surface area contributed by atoms with Crippen molar-refractivity contribution in [1.29, 1.82) is 0 Å². The van der Waals surface area contributed by atoms with E-state index in [9.17, 15) is 0 Å². The lowest BCUT2D eigenvalue weighted by molar-refractivity contribution is 0.0719. The van der Waals surface area contributed by atoms with Crippen molar-refractivity contribution < 1.29 is 9.47 Å². The molecule has 0 atom stereocenters. The van der Waals surface area contributed by atoms with Crippen LogP contribution in [0.25, 0.3) is 22.3 Å². The number of hydrogen-bond acceptors (Lipinski definition) is 6. The zero-order valence-corrected chi connectivity index (χ0v) is 21.6. The first-order chi connectivity index (χ1) is 17.6. The molecule has 0 bridgehead atoms. The summed E-state index contributed by atoms with van der Waals surface area (Å²) >= 11 is 0. The number of piperidine rings is 2. The third-order valence-corrected chi connectivity index (χ3v) is 8.52. The van der Waals surface area contributed by atoms with Gasteiger partial charge in [0.2, 0.25) is 0 Å². The molecular formula is C29H39N5O2. The lowest BCUT2D eigenvalue weighted by Crippen LogP contribution is -2.50. The number of hydrogen-bond donors (Lipinski definition) is 4. The Labute approximate surface area is 213 Å². The lowest BCUT2D eigenvalue weighted by Gasteiger charge is -2.51. The normalized spacial score (nSPS) is 20.4. The number of methoxy groups -OCH3 is 1. The van der Waals surface area contributed by atoms with Gasteiger partial charge in [-0.15, -0.1) is 0 Å². The zero-order valence-electron chi connectivity index (χ0n) is 21.6. The highest BCUT2D eigenvalue weighted by Crippen LogP contribution is 2.49. The van der Waals surface area contributed by atoms with Crippen molar-refractivity contribution in [3.05, 3.63) is 36.0 Å².